The van der Waals surface area contributed by atoms with Gasteiger partial charge in [0.25, 0.3) is 0 Å². The second kappa shape index (κ2) is 11.9. The molecule has 51 heavy (non-hydrogen) atoms. The van der Waals surface area contributed by atoms with Crippen molar-refractivity contribution in [2.75, 3.05) is 0 Å². The van der Waals surface area contributed by atoms with E-state index in [2.05, 4.69) is 180 Å². The Balaban J connectivity index is 1.21. The predicted octanol–water partition coefficient (Wildman–Crippen LogP) is 12.5. The fourth-order valence-electron chi connectivity index (χ4n) is 7.59. The van der Waals surface area contributed by atoms with E-state index in [9.17, 15) is 0 Å². The fraction of sp³-hybridized carbons (Fsp3) is 0. The molecule has 238 valence electrons. The minimum absolute atomic E-state index is 0.958. The molecule has 0 aliphatic heterocycles. The van der Waals surface area contributed by atoms with Gasteiger partial charge in [-0.15, -0.1) is 0 Å². The molecule has 3 aromatic heterocycles. The number of benzene rings is 7. The number of rotatable bonds is 5. The molecule has 0 radical (unpaired) electrons. The van der Waals surface area contributed by atoms with Crippen LogP contribution in [0.2, 0.25) is 0 Å². The normalized spacial score (nSPS) is 11.5. The standard InChI is InChI=1S/C48H31N3/c1-4-14-33(15-5-1)43-30-36(31-44(49-43)34-16-6-2-7-17-34)32-24-26-37(27-25-32)51-45-23-13-11-20-38(45)39-28-29-41-46(48(39)51)40-21-10-12-22-42(40)50-47(41)35-18-8-3-9-19-35/h1-31H. The molecule has 3 heteroatoms. The lowest BCUT2D eigenvalue weighted by atomic mass is 9.97. The average molecular weight is 650 g/mol. The molecule has 10 rings (SSSR count). The van der Waals surface area contributed by atoms with Crippen molar-refractivity contribution in [2.45, 2.75) is 0 Å². The smallest absolute Gasteiger partial charge is 0.0788 e. The Morgan fingerprint density at radius 1 is 0.353 bits per heavy atom. The van der Waals surface area contributed by atoms with Crippen molar-refractivity contribution in [1.29, 1.82) is 0 Å². The maximum atomic E-state index is 5.23. The van der Waals surface area contributed by atoms with Crippen LogP contribution >= 0.6 is 0 Å². The van der Waals surface area contributed by atoms with Crippen LogP contribution in [0.3, 0.4) is 0 Å². The van der Waals surface area contributed by atoms with E-state index in [0.717, 1.165) is 66.9 Å². The fourth-order valence-corrected chi connectivity index (χ4v) is 7.59. The molecular weight excluding hydrogens is 619 g/mol. The molecule has 0 bridgehead atoms. The van der Waals surface area contributed by atoms with E-state index in [-0.39, 0.29) is 0 Å². The van der Waals surface area contributed by atoms with Gasteiger partial charge in [-0.25, -0.2) is 9.97 Å². The summed E-state index contributed by atoms with van der Waals surface area (Å²) in [7, 11) is 0. The predicted molar refractivity (Wildman–Crippen MR) is 213 cm³/mol. The van der Waals surface area contributed by atoms with Crippen LogP contribution < -0.4 is 0 Å². The van der Waals surface area contributed by atoms with E-state index in [4.69, 9.17) is 9.97 Å². The van der Waals surface area contributed by atoms with Crippen LogP contribution in [0.1, 0.15) is 0 Å². The first kappa shape index (κ1) is 29.1. The second-order valence-electron chi connectivity index (χ2n) is 13.0. The molecule has 0 aliphatic rings. The minimum atomic E-state index is 0.958. The number of pyridine rings is 2. The maximum Gasteiger partial charge on any atom is 0.0788 e. The zero-order valence-corrected chi connectivity index (χ0v) is 27.7. The number of nitrogens with zero attached hydrogens (tertiary/aromatic N) is 3. The Morgan fingerprint density at radius 3 is 1.57 bits per heavy atom. The van der Waals surface area contributed by atoms with Gasteiger partial charge in [-0.2, -0.15) is 0 Å². The Morgan fingerprint density at radius 2 is 0.902 bits per heavy atom. The number of hydrogen-bond acceptors (Lipinski definition) is 2. The summed E-state index contributed by atoms with van der Waals surface area (Å²) in [6, 6.07) is 66.6. The Hall–Kier alpha value is -6.84. The molecular formula is C48H31N3. The summed E-state index contributed by atoms with van der Waals surface area (Å²) in [6.45, 7) is 0. The van der Waals surface area contributed by atoms with Crippen LogP contribution in [0.15, 0.2) is 188 Å². The van der Waals surface area contributed by atoms with Gasteiger partial charge in [0.15, 0.2) is 0 Å². The van der Waals surface area contributed by atoms with Gasteiger partial charge in [-0.3, -0.25) is 0 Å². The zero-order valence-electron chi connectivity index (χ0n) is 27.7. The van der Waals surface area contributed by atoms with Crippen LogP contribution in [-0.4, -0.2) is 14.5 Å². The highest BCUT2D eigenvalue weighted by atomic mass is 15.0. The molecule has 0 unspecified atom stereocenters. The van der Waals surface area contributed by atoms with E-state index in [1.165, 1.54) is 27.2 Å². The first-order valence-corrected chi connectivity index (χ1v) is 17.3. The molecule has 7 aromatic carbocycles. The summed E-state index contributed by atoms with van der Waals surface area (Å²) >= 11 is 0. The van der Waals surface area contributed by atoms with Crippen molar-refractivity contribution in [3.63, 3.8) is 0 Å². The molecule has 0 amide bonds. The van der Waals surface area contributed by atoms with Crippen molar-refractivity contribution in [3.8, 4) is 50.6 Å². The number of aromatic nitrogens is 3. The molecule has 0 saturated carbocycles. The third kappa shape index (κ3) is 4.90. The van der Waals surface area contributed by atoms with Crippen LogP contribution in [0, 0.1) is 0 Å². The monoisotopic (exact) mass is 649 g/mol. The van der Waals surface area contributed by atoms with Gasteiger partial charge in [0.05, 0.1) is 33.6 Å². The topological polar surface area (TPSA) is 30.7 Å². The molecule has 0 aliphatic carbocycles. The molecule has 0 saturated heterocycles. The average Bonchev–Trinajstić information content (AvgIpc) is 3.56. The second-order valence-corrected chi connectivity index (χ2v) is 13.0. The molecule has 0 spiro atoms. The van der Waals surface area contributed by atoms with E-state index in [0.29, 0.717) is 0 Å². The van der Waals surface area contributed by atoms with E-state index >= 15 is 0 Å². The summed E-state index contributed by atoms with van der Waals surface area (Å²) in [4.78, 5) is 10.3. The molecule has 0 N–H and O–H groups in total. The molecule has 3 heterocycles. The van der Waals surface area contributed by atoms with Gasteiger partial charge in [0.1, 0.15) is 0 Å². The van der Waals surface area contributed by atoms with E-state index < -0.39 is 0 Å². The largest absolute Gasteiger partial charge is 0.309 e. The highest BCUT2D eigenvalue weighted by Crippen LogP contribution is 2.42. The Kier molecular flexibility index (Phi) is 6.81. The lowest BCUT2D eigenvalue weighted by Crippen LogP contribution is -1.97. The Labute approximate surface area is 295 Å². The van der Waals surface area contributed by atoms with Crippen molar-refractivity contribution < 1.29 is 0 Å². The lowest BCUT2D eigenvalue weighted by molar-refractivity contribution is 1.19. The van der Waals surface area contributed by atoms with E-state index in [1.807, 2.05) is 12.1 Å². The summed E-state index contributed by atoms with van der Waals surface area (Å²) < 4.78 is 2.44. The van der Waals surface area contributed by atoms with Gasteiger partial charge >= 0.3 is 0 Å². The molecule has 0 fully saturated rings. The summed E-state index contributed by atoms with van der Waals surface area (Å²) in [5.41, 5.74) is 13.0. The number of para-hydroxylation sites is 2. The number of hydrogen-bond donors (Lipinski definition) is 0. The van der Waals surface area contributed by atoms with Crippen molar-refractivity contribution in [3.05, 3.63) is 188 Å². The molecule has 10 aromatic rings. The van der Waals surface area contributed by atoms with Gasteiger partial charge in [-0.1, -0.05) is 152 Å². The molecule has 3 nitrogen and oxygen atoms in total. The van der Waals surface area contributed by atoms with Crippen molar-refractivity contribution >= 4 is 43.5 Å². The zero-order chi connectivity index (χ0) is 33.7. The first-order chi connectivity index (χ1) is 25.3. The van der Waals surface area contributed by atoms with Gasteiger partial charge < -0.3 is 4.57 Å². The third-order valence-corrected chi connectivity index (χ3v) is 9.97. The van der Waals surface area contributed by atoms with Crippen molar-refractivity contribution in [1.82, 2.24) is 14.5 Å². The maximum absolute atomic E-state index is 5.23. The van der Waals surface area contributed by atoms with Crippen LogP contribution in [0.5, 0.6) is 0 Å². The van der Waals surface area contributed by atoms with Crippen LogP contribution in [0.25, 0.3) is 94.1 Å². The summed E-state index contributed by atoms with van der Waals surface area (Å²) in [6.07, 6.45) is 0. The highest BCUT2D eigenvalue weighted by molar-refractivity contribution is 6.26. The molecule has 0 atom stereocenters. The summed E-state index contributed by atoms with van der Waals surface area (Å²) in [5, 5.41) is 5.97. The quantitative estimate of drug-likeness (QED) is 0.174. The third-order valence-electron chi connectivity index (χ3n) is 9.97. The van der Waals surface area contributed by atoms with Crippen molar-refractivity contribution in [2.24, 2.45) is 0 Å². The Bertz CT molecular complexity index is 2820. The number of fused-ring (bicyclic) bond motifs is 7. The van der Waals surface area contributed by atoms with Gasteiger partial charge in [0.2, 0.25) is 0 Å². The summed E-state index contributed by atoms with van der Waals surface area (Å²) in [5.74, 6) is 0. The van der Waals surface area contributed by atoms with E-state index in [1.54, 1.807) is 0 Å². The van der Waals surface area contributed by atoms with Crippen LogP contribution in [-0.2, 0) is 0 Å². The van der Waals surface area contributed by atoms with Gasteiger partial charge in [-0.05, 0) is 47.5 Å². The van der Waals surface area contributed by atoms with Gasteiger partial charge in [0, 0.05) is 49.3 Å². The highest BCUT2D eigenvalue weighted by Gasteiger charge is 2.20. The first-order valence-electron chi connectivity index (χ1n) is 17.3. The lowest BCUT2D eigenvalue weighted by Gasteiger charge is -2.15. The SMILES string of the molecule is c1ccc(-c2cc(-c3ccc(-n4c5ccccc5c5ccc6c(-c7ccccc7)nc7ccccc7c6c54)cc3)cc(-c3ccccc3)n2)cc1. The van der Waals surface area contributed by atoms with Crippen LogP contribution in [0.4, 0.5) is 0 Å². The minimum Gasteiger partial charge on any atom is -0.309 e.